The normalized spacial score (nSPS) is 14.6. The summed E-state index contributed by atoms with van der Waals surface area (Å²) < 4.78 is 30.0. The predicted octanol–water partition coefficient (Wildman–Crippen LogP) is 4.10. The van der Waals surface area contributed by atoms with Gasteiger partial charge in [0.15, 0.2) is 17.7 Å². The molecule has 144 valence electrons. The number of alkyl halides is 1. The minimum absolute atomic E-state index is 0.247. The summed E-state index contributed by atoms with van der Waals surface area (Å²) in [7, 11) is 3.11. The van der Waals surface area contributed by atoms with Crippen molar-refractivity contribution in [3.05, 3.63) is 40.9 Å². The van der Waals surface area contributed by atoms with Gasteiger partial charge < -0.3 is 19.1 Å². The molecule has 2 aromatic rings. The first-order valence-electron chi connectivity index (χ1n) is 8.55. The maximum atomic E-state index is 13.5. The summed E-state index contributed by atoms with van der Waals surface area (Å²) in [6.45, 7) is 2.08. The zero-order valence-corrected chi connectivity index (χ0v) is 16.2. The van der Waals surface area contributed by atoms with E-state index in [9.17, 15) is 9.18 Å². The Balaban J connectivity index is 2.04. The molecule has 2 aromatic carbocycles. The van der Waals surface area contributed by atoms with Crippen LogP contribution in [-0.4, -0.2) is 44.3 Å². The first-order chi connectivity index (χ1) is 12.9. The van der Waals surface area contributed by atoms with Crippen molar-refractivity contribution >= 4 is 17.5 Å². The number of ether oxygens (including phenoxy) is 3. The minimum atomic E-state index is -1.56. The van der Waals surface area contributed by atoms with E-state index in [4.69, 9.17) is 25.8 Å². The topological polar surface area (TPSA) is 48.0 Å². The van der Waals surface area contributed by atoms with Crippen molar-refractivity contribution in [1.82, 2.24) is 4.90 Å². The average molecular weight is 394 g/mol. The molecule has 0 fully saturated rings. The van der Waals surface area contributed by atoms with E-state index < -0.39 is 12.1 Å². The fraction of sp³-hybridized carbons (Fsp3) is 0.350. The Morgan fingerprint density at radius 3 is 2.56 bits per heavy atom. The van der Waals surface area contributed by atoms with Crippen LogP contribution in [0.25, 0.3) is 11.1 Å². The Hall–Kier alpha value is -2.47. The van der Waals surface area contributed by atoms with Crippen LogP contribution in [0.15, 0.2) is 30.3 Å². The number of hydrogen-bond donors (Lipinski definition) is 0. The van der Waals surface area contributed by atoms with Crippen LogP contribution in [0.5, 0.6) is 17.2 Å². The molecule has 0 saturated carbocycles. The summed E-state index contributed by atoms with van der Waals surface area (Å²) in [6.07, 6.45) is -1.56. The number of halogens is 2. The number of nitrogens with zero attached hydrogens (tertiary/aromatic N) is 1. The molecular weight excluding hydrogens is 373 g/mol. The van der Waals surface area contributed by atoms with Crippen molar-refractivity contribution in [2.24, 2.45) is 0 Å². The molecule has 0 aromatic heterocycles. The van der Waals surface area contributed by atoms with Crippen molar-refractivity contribution in [3.8, 4) is 28.4 Å². The molecule has 1 aliphatic rings. The molecule has 0 radical (unpaired) electrons. The van der Waals surface area contributed by atoms with E-state index in [1.165, 1.54) is 11.8 Å². The second-order valence-electron chi connectivity index (χ2n) is 6.24. The predicted molar refractivity (Wildman–Crippen MR) is 101 cm³/mol. The molecule has 1 heterocycles. The standard InChI is InChI=1S/C20H21ClFNO4/c1-12(22)20(24)23-6-7-27-19-15(11-23)8-14(10-18(19)26-3)13-4-5-17(25-2)16(21)9-13/h4-5,8-10,12H,6-7,11H2,1-3H3. The van der Waals surface area contributed by atoms with Gasteiger partial charge in [0.2, 0.25) is 0 Å². The summed E-state index contributed by atoms with van der Waals surface area (Å²) in [5.74, 6) is 1.15. The molecule has 1 unspecified atom stereocenters. The lowest BCUT2D eigenvalue weighted by atomic mass is 10.0. The summed E-state index contributed by atoms with van der Waals surface area (Å²) in [6, 6.07) is 9.23. The summed E-state index contributed by atoms with van der Waals surface area (Å²) in [4.78, 5) is 13.6. The fourth-order valence-electron chi connectivity index (χ4n) is 3.09. The molecule has 5 nitrogen and oxygen atoms in total. The second-order valence-corrected chi connectivity index (χ2v) is 6.65. The summed E-state index contributed by atoms with van der Waals surface area (Å²) in [5, 5.41) is 0.489. The highest BCUT2D eigenvalue weighted by Gasteiger charge is 2.26. The number of rotatable bonds is 4. The molecule has 0 saturated heterocycles. The van der Waals surface area contributed by atoms with Crippen LogP contribution in [-0.2, 0) is 11.3 Å². The number of methoxy groups -OCH3 is 2. The summed E-state index contributed by atoms with van der Waals surface area (Å²) >= 11 is 6.25. The summed E-state index contributed by atoms with van der Waals surface area (Å²) in [5.41, 5.74) is 2.46. The zero-order chi connectivity index (χ0) is 19.6. The van der Waals surface area contributed by atoms with Gasteiger partial charge in [-0.15, -0.1) is 0 Å². The van der Waals surface area contributed by atoms with Gasteiger partial charge in [-0.3, -0.25) is 4.79 Å². The van der Waals surface area contributed by atoms with Gasteiger partial charge in [0, 0.05) is 12.1 Å². The van der Waals surface area contributed by atoms with Crippen molar-refractivity contribution in [3.63, 3.8) is 0 Å². The van der Waals surface area contributed by atoms with Gasteiger partial charge in [0.1, 0.15) is 12.4 Å². The van der Waals surface area contributed by atoms with Crippen LogP contribution >= 0.6 is 11.6 Å². The lowest BCUT2D eigenvalue weighted by molar-refractivity contribution is -0.136. The van der Waals surface area contributed by atoms with Gasteiger partial charge in [0.05, 0.1) is 25.8 Å². The Morgan fingerprint density at radius 2 is 1.93 bits per heavy atom. The second kappa shape index (κ2) is 8.05. The number of hydrogen-bond acceptors (Lipinski definition) is 4. The van der Waals surface area contributed by atoms with Crippen molar-refractivity contribution in [2.45, 2.75) is 19.6 Å². The van der Waals surface area contributed by atoms with Gasteiger partial charge in [-0.1, -0.05) is 17.7 Å². The Morgan fingerprint density at radius 1 is 1.19 bits per heavy atom. The van der Waals surface area contributed by atoms with Gasteiger partial charge in [-0.25, -0.2) is 4.39 Å². The third-order valence-corrected chi connectivity index (χ3v) is 4.75. The molecule has 27 heavy (non-hydrogen) atoms. The van der Waals surface area contributed by atoms with E-state index in [1.807, 2.05) is 18.2 Å². The number of amides is 1. The monoisotopic (exact) mass is 393 g/mol. The zero-order valence-electron chi connectivity index (χ0n) is 15.4. The van der Waals surface area contributed by atoms with E-state index in [-0.39, 0.29) is 13.2 Å². The van der Waals surface area contributed by atoms with Crippen LogP contribution in [0.2, 0.25) is 5.02 Å². The average Bonchev–Trinajstić information content (AvgIpc) is 2.88. The molecule has 1 amide bonds. The van der Waals surface area contributed by atoms with Crippen molar-refractivity contribution in [1.29, 1.82) is 0 Å². The van der Waals surface area contributed by atoms with Crippen LogP contribution in [0, 0.1) is 0 Å². The van der Waals surface area contributed by atoms with Crippen molar-refractivity contribution in [2.75, 3.05) is 27.4 Å². The van der Waals surface area contributed by atoms with E-state index in [2.05, 4.69) is 0 Å². The molecule has 7 heteroatoms. The van der Waals surface area contributed by atoms with Crippen molar-refractivity contribution < 1.29 is 23.4 Å². The highest BCUT2D eigenvalue weighted by Crippen LogP contribution is 2.39. The van der Waals surface area contributed by atoms with Crippen LogP contribution in [0.3, 0.4) is 0 Å². The minimum Gasteiger partial charge on any atom is -0.495 e. The van der Waals surface area contributed by atoms with Crippen LogP contribution in [0.1, 0.15) is 12.5 Å². The first-order valence-corrected chi connectivity index (χ1v) is 8.93. The lowest BCUT2D eigenvalue weighted by Gasteiger charge is -2.21. The molecule has 3 rings (SSSR count). The third kappa shape index (κ3) is 3.95. The highest BCUT2D eigenvalue weighted by atomic mass is 35.5. The van der Waals surface area contributed by atoms with Crippen LogP contribution in [0.4, 0.5) is 4.39 Å². The molecule has 0 bridgehead atoms. The van der Waals surface area contributed by atoms with Gasteiger partial charge in [-0.2, -0.15) is 0 Å². The molecule has 0 N–H and O–H groups in total. The highest BCUT2D eigenvalue weighted by molar-refractivity contribution is 6.32. The van der Waals surface area contributed by atoms with Crippen LogP contribution < -0.4 is 14.2 Å². The molecule has 0 aliphatic carbocycles. The Bertz CT molecular complexity index is 856. The Kier molecular flexibility index (Phi) is 5.75. The largest absolute Gasteiger partial charge is 0.495 e. The smallest absolute Gasteiger partial charge is 0.257 e. The van der Waals surface area contributed by atoms with E-state index >= 15 is 0 Å². The lowest BCUT2D eigenvalue weighted by Crippen LogP contribution is -2.37. The number of benzene rings is 2. The number of carbonyl (C=O) groups is 1. The SMILES string of the molecule is COc1ccc(-c2cc3c(c(OC)c2)OCCN(C(=O)C(C)F)C3)cc1Cl. The quantitative estimate of drug-likeness (QED) is 0.784. The molecule has 1 aliphatic heterocycles. The van der Waals surface area contributed by atoms with Gasteiger partial charge in [-0.05, 0) is 42.3 Å². The molecule has 1 atom stereocenters. The van der Waals surface area contributed by atoms with Gasteiger partial charge >= 0.3 is 0 Å². The maximum absolute atomic E-state index is 13.5. The maximum Gasteiger partial charge on any atom is 0.257 e. The van der Waals surface area contributed by atoms with E-state index in [0.717, 1.165) is 16.7 Å². The fourth-order valence-corrected chi connectivity index (χ4v) is 3.35. The number of carbonyl (C=O) groups excluding carboxylic acids is 1. The van der Waals surface area contributed by atoms with E-state index in [1.54, 1.807) is 26.4 Å². The number of fused-ring (bicyclic) bond motifs is 1. The molecular formula is C20H21ClFNO4. The Labute approximate surface area is 162 Å². The first kappa shape index (κ1) is 19.3. The van der Waals surface area contributed by atoms with E-state index in [0.29, 0.717) is 28.8 Å². The molecule has 0 spiro atoms. The van der Waals surface area contributed by atoms with Gasteiger partial charge in [0.25, 0.3) is 5.91 Å². The third-order valence-electron chi connectivity index (χ3n) is 4.46.